The number of hydrogen-bond acceptors (Lipinski definition) is 1. The van der Waals surface area contributed by atoms with Crippen LogP contribution in [0.1, 0.15) is 20.3 Å². The van der Waals surface area contributed by atoms with Gasteiger partial charge < -0.3 is 0 Å². The second kappa shape index (κ2) is 2.35. The minimum atomic E-state index is -0.572. The number of hydrogen-bond donors (Lipinski definition) is 0. The fraction of sp³-hybridized carbons (Fsp3) is 0.700. The highest BCUT2D eigenvalue weighted by atomic mass is 35.5. The van der Waals surface area contributed by atoms with Gasteiger partial charge in [-0.2, -0.15) is 0 Å². The molecule has 2 aliphatic rings. The quantitative estimate of drug-likeness (QED) is 0.452. The van der Waals surface area contributed by atoms with Gasteiger partial charge in [0, 0.05) is 11.8 Å². The fourth-order valence-electron chi connectivity index (χ4n) is 2.38. The number of Topliss-reactive ketones (excluding diaryl/α,β-unsaturated/α-hetero) is 1. The van der Waals surface area contributed by atoms with Crippen LogP contribution in [0.15, 0.2) is 12.2 Å². The monoisotopic (exact) mass is 184 g/mol. The van der Waals surface area contributed by atoms with Crippen molar-refractivity contribution in [3.05, 3.63) is 12.2 Å². The lowest BCUT2D eigenvalue weighted by atomic mass is 9.60. The maximum atomic E-state index is 11.6. The van der Waals surface area contributed by atoms with Crippen molar-refractivity contribution in [3.8, 4) is 0 Å². The normalized spacial score (nSPS) is 44.8. The first-order chi connectivity index (χ1) is 5.58. The lowest BCUT2D eigenvalue weighted by molar-refractivity contribution is -0.138. The molecular formula is C10H13ClO. The van der Waals surface area contributed by atoms with Crippen LogP contribution < -0.4 is 0 Å². The topological polar surface area (TPSA) is 17.1 Å². The second-order valence-electron chi connectivity index (χ2n) is 4.08. The Morgan fingerprint density at radius 1 is 1.67 bits per heavy atom. The Bertz CT molecular complexity index is 257. The summed E-state index contributed by atoms with van der Waals surface area (Å²) in [6.45, 7) is 4.04. The van der Waals surface area contributed by atoms with E-state index in [1.54, 1.807) is 0 Å². The second-order valence-corrected chi connectivity index (χ2v) is 4.71. The Hall–Kier alpha value is -0.300. The molecule has 2 aliphatic carbocycles. The number of ketones is 1. The first-order valence-electron chi connectivity index (χ1n) is 4.48. The lowest BCUT2D eigenvalue weighted by Crippen LogP contribution is -2.60. The van der Waals surface area contributed by atoms with Crippen LogP contribution in [0.4, 0.5) is 0 Å². The standard InChI is InChI=1S/C10H13ClO/c1-6(2)10(11)8-5-3-4-7(8)9(10)12/h3,5-8H,4H2,1-2H3. The first-order valence-corrected chi connectivity index (χ1v) is 4.86. The molecule has 1 nitrogen and oxygen atoms in total. The first kappa shape index (κ1) is 8.31. The van der Waals surface area contributed by atoms with Gasteiger partial charge in [0.05, 0.1) is 0 Å². The van der Waals surface area contributed by atoms with Gasteiger partial charge in [0.15, 0.2) is 5.78 Å². The van der Waals surface area contributed by atoms with E-state index in [1.807, 2.05) is 13.8 Å². The molecule has 0 N–H and O–H groups in total. The molecule has 0 saturated heterocycles. The predicted octanol–water partition coefficient (Wildman–Crippen LogP) is 2.40. The molecular weight excluding hydrogens is 172 g/mol. The maximum Gasteiger partial charge on any atom is 0.158 e. The van der Waals surface area contributed by atoms with E-state index >= 15 is 0 Å². The molecule has 0 heterocycles. The van der Waals surface area contributed by atoms with E-state index in [2.05, 4.69) is 12.2 Å². The zero-order chi connectivity index (χ0) is 8.93. The number of alkyl halides is 1. The van der Waals surface area contributed by atoms with Gasteiger partial charge in [0.2, 0.25) is 0 Å². The summed E-state index contributed by atoms with van der Waals surface area (Å²) in [5, 5.41) is 0. The molecule has 3 unspecified atom stereocenters. The number of fused-ring (bicyclic) bond motifs is 1. The van der Waals surface area contributed by atoms with Crippen LogP contribution in [0.3, 0.4) is 0 Å². The van der Waals surface area contributed by atoms with Gasteiger partial charge in [-0.3, -0.25) is 4.79 Å². The molecule has 0 amide bonds. The van der Waals surface area contributed by atoms with Crippen molar-refractivity contribution in [2.24, 2.45) is 17.8 Å². The van der Waals surface area contributed by atoms with Crippen LogP contribution in [-0.2, 0) is 4.79 Å². The summed E-state index contributed by atoms with van der Waals surface area (Å²) in [5.41, 5.74) is 0. The van der Waals surface area contributed by atoms with E-state index in [4.69, 9.17) is 11.6 Å². The largest absolute Gasteiger partial charge is 0.297 e. The number of halogens is 1. The van der Waals surface area contributed by atoms with Gasteiger partial charge in [-0.05, 0) is 12.3 Å². The molecule has 0 aromatic rings. The number of rotatable bonds is 1. The third-order valence-corrected chi connectivity index (χ3v) is 4.08. The van der Waals surface area contributed by atoms with Gasteiger partial charge in [0.1, 0.15) is 4.87 Å². The lowest BCUT2D eigenvalue weighted by Gasteiger charge is -2.48. The summed E-state index contributed by atoms with van der Waals surface area (Å²) >= 11 is 6.29. The summed E-state index contributed by atoms with van der Waals surface area (Å²) in [6.07, 6.45) is 5.10. The van der Waals surface area contributed by atoms with E-state index in [-0.39, 0.29) is 17.6 Å². The molecule has 0 aromatic carbocycles. The maximum absolute atomic E-state index is 11.6. The Labute approximate surface area is 77.8 Å². The van der Waals surface area contributed by atoms with Crippen molar-refractivity contribution >= 4 is 17.4 Å². The molecule has 2 heteroatoms. The number of carbonyl (C=O) groups is 1. The van der Waals surface area contributed by atoms with E-state index < -0.39 is 4.87 Å². The summed E-state index contributed by atoms with van der Waals surface area (Å²) < 4.78 is 0. The Morgan fingerprint density at radius 2 is 2.33 bits per heavy atom. The Morgan fingerprint density at radius 3 is 2.92 bits per heavy atom. The third-order valence-electron chi connectivity index (χ3n) is 3.21. The molecule has 0 aromatic heterocycles. The van der Waals surface area contributed by atoms with Crippen molar-refractivity contribution in [3.63, 3.8) is 0 Å². The zero-order valence-corrected chi connectivity index (χ0v) is 8.14. The molecule has 0 radical (unpaired) electrons. The summed E-state index contributed by atoms with van der Waals surface area (Å²) in [7, 11) is 0. The average molecular weight is 185 g/mol. The Balaban J connectivity index is 2.28. The van der Waals surface area contributed by atoms with Crippen LogP contribution in [0.25, 0.3) is 0 Å². The molecule has 2 rings (SSSR count). The Kier molecular flexibility index (Phi) is 1.63. The molecule has 1 fully saturated rings. The average Bonchev–Trinajstić information content (AvgIpc) is 2.47. The highest BCUT2D eigenvalue weighted by Gasteiger charge is 2.62. The van der Waals surface area contributed by atoms with Gasteiger partial charge in [-0.15, -0.1) is 11.6 Å². The molecule has 0 bridgehead atoms. The van der Waals surface area contributed by atoms with E-state index in [0.717, 1.165) is 6.42 Å². The molecule has 12 heavy (non-hydrogen) atoms. The van der Waals surface area contributed by atoms with E-state index in [9.17, 15) is 4.79 Å². The van der Waals surface area contributed by atoms with Crippen molar-refractivity contribution in [2.45, 2.75) is 25.1 Å². The highest BCUT2D eigenvalue weighted by Crippen LogP contribution is 2.54. The SMILES string of the molecule is CC(C)C1(Cl)C(=O)C2CC=CC21. The van der Waals surface area contributed by atoms with Crippen LogP contribution in [0.2, 0.25) is 0 Å². The van der Waals surface area contributed by atoms with Crippen LogP contribution in [0.5, 0.6) is 0 Å². The van der Waals surface area contributed by atoms with Gasteiger partial charge in [-0.1, -0.05) is 26.0 Å². The van der Waals surface area contributed by atoms with E-state index in [0.29, 0.717) is 5.92 Å². The van der Waals surface area contributed by atoms with Crippen molar-refractivity contribution < 1.29 is 4.79 Å². The van der Waals surface area contributed by atoms with Gasteiger partial charge >= 0.3 is 0 Å². The molecule has 0 aliphatic heterocycles. The van der Waals surface area contributed by atoms with Crippen LogP contribution in [-0.4, -0.2) is 10.7 Å². The van der Waals surface area contributed by atoms with Gasteiger partial charge in [0.25, 0.3) is 0 Å². The number of allylic oxidation sites excluding steroid dienone is 2. The molecule has 3 atom stereocenters. The summed E-state index contributed by atoms with van der Waals surface area (Å²) in [5.74, 6) is 1.03. The predicted molar refractivity (Wildman–Crippen MR) is 49.2 cm³/mol. The van der Waals surface area contributed by atoms with E-state index in [1.165, 1.54) is 0 Å². The van der Waals surface area contributed by atoms with Gasteiger partial charge in [-0.25, -0.2) is 0 Å². The van der Waals surface area contributed by atoms with Crippen molar-refractivity contribution in [2.75, 3.05) is 0 Å². The van der Waals surface area contributed by atoms with Crippen molar-refractivity contribution in [1.29, 1.82) is 0 Å². The van der Waals surface area contributed by atoms with Crippen molar-refractivity contribution in [1.82, 2.24) is 0 Å². The minimum Gasteiger partial charge on any atom is -0.297 e. The fourth-order valence-corrected chi connectivity index (χ4v) is 2.74. The number of carbonyl (C=O) groups excluding carboxylic acids is 1. The molecule has 0 spiro atoms. The molecule has 66 valence electrons. The summed E-state index contributed by atoms with van der Waals surface area (Å²) in [4.78, 5) is 11.1. The zero-order valence-electron chi connectivity index (χ0n) is 7.38. The molecule has 1 saturated carbocycles. The van der Waals surface area contributed by atoms with Crippen LogP contribution in [0, 0.1) is 17.8 Å². The smallest absolute Gasteiger partial charge is 0.158 e. The summed E-state index contributed by atoms with van der Waals surface area (Å²) in [6, 6.07) is 0. The minimum absolute atomic E-state index is 0.213. The third kappa shape index (κ3) is 0.731. The van der Waals surface area contributed by atoms with Crippen LogP contribution >= 0.6 is 11.6 Å². The highest BCUT2D eigenvalue weighted by molar-refractivity contribution is 6.39.